The number of carbonyl (C=O) groups is 2. The predicted octanol–water partition coefficient (Wildman–Crippen LogP) is -0.00260. The fourth-order valence-corrected chi connectivity index (χ4v) is 3.26. The standard InChI is InChI=1S/C10H14FNO5S/c11-18(16,17)5-6-3-8(13)12(4-6)9(10(14)15)7-1-2-7/h6-7,9H,1-5H2,(H,14,15)/t6?,9-/m0/s1. The summed E-state index contributed by atoms with van der Waals surface area (Å²) < 4.78 is 33.6. The van der Waals surface area contributed by atoms with Crippen LogP contribution in [0.15, 0.2) is 0 Å². The number of amides is 1. The first kappa shape index (κ1) is 13.3. The Labute approximate surface area is 104 Å². The van der Waals surface area contributed by atoms with Crippen LogP contribution in [0.4, 0.5) is 3.89 Å². The molecule has 6 nitrogen and oxygen atoms in total. The molecule has 1 saturated heterocycles. The number of aliphatic carboxylic acids is 1. The zero-order valence-corrected chi connectivity index (χ0v) is 10.4. The molecular formula is C10H14FNO5S. The summed E-state index contributed by atoms with van der Waals surface area (Å²) >= 11 is 0. The lowest BCUT2D eigenvalue weighted by Gasteiger charge is -2.24. The molecule has 2 fully saturated rings. The van der Waals surface area contributed by atoms with Crippen LogP contribution in [-0.2, 0) is 19.8 Å². The van der Waals surface area contributed by atoms with E-state index in [0.29, 0.717) is 0 Å². The number of likely N-dealkylation sites (tertiary alicyclic amines) is 1. The summed E-state index contributed by atoms with van der Waals surface area (Å²) in [6.45, 7) is 0.00937. The molecule has 1 N–H and O–H groups in total. The highest BCUT2D eigenvalue weighted by atomic mass is 32.3. The summed E-state index contributed by atoms with van der Waals surface area (Å²) in [5.41, 5.74) is 0. The molecule has 0 spiro atoms. The zero-order chi connectivity index (χ0) is 13.5. The normalized spacial score (nSPS) is 26.4. The Bertz CT molecular complexity index is 473. The number of hydrogen-bond acceptors (Lipinski definition) is 4. The third-order valence-electron chi connectivity index (χ3n) is 3.33. The first-order valence-corrected chi connectivity index (χ1v) is 7.28. The van der Waals surface area contributed by atoms with Gasteiger partial charge in [0.2, 0.25) is 5.91 Å². The molecule has 0 aromatic carbocycles. The first-order chi connectivity index (χ1) is 8.28. The summed E-state index contributed by atoms with van der Waals surface area (Å²) in [4.78, 5) is 24.0. The number of carboxylic acids is 1. The molecule has 1 saturated carbocycles. The van der Waals surface area contributed by atoms with E-state index < -0.39 is 39.8 Å². The van der Waals surface area contributed by atoms with Gasteiger partial charge in [0.05, 0.1) is 5.75 Å². The second kappa shape index (κ2) is 4.49. The van der Waals surface area contributed by atoms with Gasteiger partial charge in [-0.25, -0.2) is 4.79 Å². The van der Waals surface area contributed by atoms with Crippen LogP contribution in [0.5, 0.6) is 0 Å². The fourth-order valence-electron chi connectivity index (χ4n) is 2.47. The molecular weight excluding hydrogens is 265 g/mol. The van der Waals surface area contributed by atoms with Crippen LogP contribution in [0.1, 0.15) is 19.3 Å². The second-order valence-electron chi connectivity index (χ2n) is 4.94. The maximum Gasteiger partial charge on any atom is 0.326 e. The van der Waals surface area contributed by atoms with Gasteiger partial charge in [0, 0.05) is 18.9 Å². The van der Waals surface area contributed by atoms with Gasteiger partial charge in [0.1, 0.15) is 6.04 Å². The lowest BCUT2D eigenvalue weighted by molar-refractivity contribution is -0.149. The molecule has 1 heterocycles. The van der Waals surface area contributed by atoms with Gasteiger partial charge in [-0.15, -0.1) is 3.89 Å². The van der Waals surface area contributed by atoms with Crippen molar-refractivity contribution in [3.05, 3.63) is 0 Å². The molecule has 2 aliphatic rings. The molecule has 0 aromatic rings. The van der Waals surface area contributed by atoms with Crippen molar-refractivity contribution in [2.24, 2.45) is 11.8 Å². The smallest absolute Gasteiger partial charge is 0.326 e. The summed E-state index contributed by atoms with van der Waals surface area (Å²) in [7, 11) is -4.63. The molecule has 0 aromatic heterocycles. The highest BCUT2D eigenvalue weighted by molar-refractivity contribution is 7.86. The van der Waals surface area contributed by atoms with E-state index >= 15 is 0 Å². The van der Waals surface area contributed by atoms with E-state index in [0.717, 1.165) is 12.8 Å². The highest BCUT2D eigenvalue weighted by Gasteiger charge is 2.46. The zero-order valence-electron chi connectivity index (χ0n) is 9.58. The summed E-state index contributed by atoms with van der Waals surface area (Å²) in [5.74, 6) is -2.88. The van der Waals surface area contributed by atoms with Gasteiger partial charge in [-0.1, -0.05) is 0 Å². The molecule has 18 heavy (non-hydrogen) atoms. The van der Waals surface area contributed by atoms with Gasteiger partial charge in [-0.05, 0) is 18.8 Å². The van der Waals surface area contributed by atoms with E-state index in [4.69, 9.17) is 5.11 Å². The van der Waals surface area contributed by atoms with Gasteiger partial charge in [0.25, 0.3) is 0 Å². The molecule has 0 radical (unpaired) electrons. The molecule has 2 rings (SSSR count). The van der Waals surface area contributed by atoms with Crippen LogP contribution in [0.2, 0.25) is 0 Å². The molecule has 8 heteroatoms. The summed E-state index contributed by atoms with van der Waals surface area (Å²) in [6.07, 6.45) is 1.42. The van der Waals surface area contributed by atoms with Crippen LogP contribution < -0.4 is 0 Å². The van der Waals surface area contributed by atoms with Gasteiger partial charge in [0.15, 0.2) is 0 Å². The van der Waals surface area contributed by atoms with E-state index in [1.165, 1.54) is 4.90 Å². The van der Waals surface area contributed by atoms with Crippen molar-refractivity contribution in [3.8, 4) is 0 Å². The van der Waals surface area contributed by atoms with Crippen LogP contribution >= 0.6 is 0 Å². The minimum atomic E-state index is -4.63. The number of carboxylic acid groups (broad SMARTS) is 1. The molecule has 102 valence electrons. The van der Waals surface area contributed by atoms with Gasteiger partial charge < -0.3 is 10.0 Å². The molecule has 1 aliphatic heterocycles. The van der Waals surface area contributed by atoms with E-state index in [2.05, 4.69) is 0 Å². The van der Waals surface area contributed by atoms with E-state index in [1.807, 2.05) is 0 Å². The van der Waals surface area contributed by atoms with Crippen molar-refractivity contribution in [3.63, 3.8) is 0 Å². The molecule has 1 unspecified atom stereocenters. The number of rotatable bonds is 5. The van der Waals surface area contributed by atoms with Crippen LogP contribution in [0.25, 0.3) is 0 Å². The van der Waals surface area contributed by atoms with Crippen molar-refractivity contribution >= 4 is 22.1 Å². The molecule has 2 atom stereocenters. The number of carbonyl (C=O) groups excluding carboxylic acids is 1. The topological polar surface area (TPSA) is 91.8 Å². The van der Waals surface area contributed by atoms with Crippen LogP contribution in [-0.4, -0.2) is 48.6 Å². The Morgan fingerprint density at radius 1 is 1.50 bits per heavy atom. The van der Waals surface area contributed by atoms with Crippen LogP contribution in [0.3, 0.4) is 0 Å². The van der Waals surface area contributed by atoms with Crippen molar-refractivity contribution in [2.75, 3.05) is 12.3 Å². The predicted molar refractivity (Wildman–Crippen MR) is 58.9 cm³/mol. The van der Waals surface area contributed by atoms with Crippen molar-refractivity contribution in [1.29, 1.82) is 0 Å². The largest absolute Gasteiger partial charge is 0.480 e. The van der Waals surface area contributed by atoms with Gasteiger partial charge >= 0.3 is 16.2 Å². The third kappa shape index (κ3) is 2.98. The van der Waals surface area contributed by atoms with Gasteiger partial charge in [-0.2, -0.15) is 8.42 Å². The van der Waals surface area contributed by atoms with E-state index in [-0.39, 0.29) is 18.9 Å². The summed E-state index contributed by atoms with van der Waals surface area (Å²) in [6, 6.07) is -0.884. The van der Waals surface area contributed by atoms with Crippen molar-refractivity contribution in [1.82, 2.24) is 4.90 Å². The molecule has 1 aliphatic carbocycles. The Hall–Kier alpha value is -1.18. The minimum absolute atomic E-state index is 0.00937. The molecule has 1 amide bonds. The number of hydrogen-bond donors (Lipinski definition) is 1. The Kier molecular flexibility index (Phi) is 3.31. The van der Waals surface area contributed by atoms with Crippen LogP contribution in [0, 0.1) is 11.8 Å². The van der Waals surface area contributed by atoms with Crippen molar-refractivity contribution < 1.29 is 27.0 Å². The quantitative estimate of drug-likeness (QED) is 0.715. The van der Waals surface area contributed by atoms with Gasteiger partial charge in [-0.3, -0.25) is 4.79 Å². The average molecular weight is 279 g/mol. The Morgan fingerprint density at radius 2 is 2.11 bits per heavy atom. The van der Waals surface area contributed by atoms with Crippen molar-refractivity contribution in [2.45, 2.75) is 25.3 Å². The highest BCUT2D eigenvalue weighted by Crippen LogP contribution is 2.38. The number of nitrogens with zero attached hydrogens (tertiary/aromatic N) is 1. The SMILES string of the molecule is O=C(O)[C@H](C1CC1)N1CC(CS(=O)(=O)F)CC1=O. The maximum atomic E-state index is 12.6. The minimum Gasteiger partial charge on any atom is -0.480 e. The first-order valence-electron chi connectivity index (χ1n) is 5.72. The van der Waals surface area contributed by atoms with E-state index in [9.17, 15) is 21.9 Å². The Balaban J connectivity index is 2.06. The fraction of sp³-hybridized carbons (Fsp3) is 0.800. The number of halogens is 1. The molecule has 0 bridgehead atoms. The second-order valence-corrected chi connectivity index (χ2v) is 6.35. The lowest BCUT2D eigenvalue weighted by Crippen LogP contribution is -2.43. The Morgan fingerprint density at radius 3 is 2.56 bits per heavy atom. The van der Waals surface area contributed by atoms with E-state index in [1.54, 1.807) is 0 Å². The lowest BCUT2D eigenvalue weighted by atomic mass is 10.1. The summed E-state index contributed by atoms with van der Waals surface area (Å²) in [5, 5.41) is 9.09. The maximum absolute atomic E-state index is 12.6. The monoisotopic (exact) mass is 279 g/mol. The average Bonchev–Trinajstić information content (AvgIpc) is 2.91. The third-order valence-corrected chi connectivity index (χ3v) is 4.20.